The molecule has 0 unspecified atom stereocenters. The smallest absolute Gasteiger partial charge is 0.128 e. The summed E-state index contributed by atoms with van der Waals surface area (Å²) >= 11 is 0. The third-order valence-electron chi connectivity index (χ3n) is 1.86. The Hall–Kier alpha value is -1.31. The highest BCUT2D eigenvalue weighted by Crippen LogP contribution is 2.05. The van der Waals surface area contributed by atoms with Gasteiger partial charge < -0.3 is 5.32 Å². The Kier molecular flexibility index (Phi) is 3.89. The average molecular weight is 204 g/mol. The number of hydrogen-bond acceptors (Lipinski definition) is 1. The van der Waals surface area contributed by atoms with Gasteiger partial charge in [0.2, 0.25) is 0 Å². The molecule has 2 heteroatoms. The lowest BCUT2D eigenvalue weighted by molar-refractivity contribution is 0.511. The van der Waals surface area contributed by atoms with E-state index in [2.05, 4.69) is 43.2 Å². The standard InChI is InChI=1S/C13H20N2/c1-5-14-12(15-13(2,3)4)11-9-7-6-8-10-11/h6-10H,5H2,1-4H3,(H,14,15). The Morgan fingerprint density at radius 1 is 1.20 bits per heavy atom. The molecule has 1 aromatic carbocycles. The third-order valence-corrected chi connectivity index (χ3v) is 1.86. The average Bonchev–Trinajstić information content (AvgIpc) is 2.17. The Balaban J connectivity index is 2.90. The molecule has 0 aromatic heterocycles. The first-order valence-electron chi connectivity index (χ1n) is 5.41. The van der Waals surface area contributed by atoms with Gasteiger partial charge >= 0.3 is 0 Å². The molecule has 0 aliphatic rings. The Morgan fingerprint density at radius 2 is 1.80 bits per heavy atom. The van der Waals surface area contributed by atoms with Crippen LogP contribution in [0.5, 0.6) is 0 Å². The minimum absolute atomic E-state index is 0.0455. The minimum atomic E-state index is 0.0455. The maximum Gasteiger partial charge on any atom is 0.128 e. The summed E-state index contributed by atoms with van der Waals surface area (Å²) in [6.07, 6.45) is 0. The van der Waals surface area contributed by atoms with Crippen molar-refractivity contribution >= 4 is 5.84 Å². The molecule has 1 rings (SSSR count). The summed E-state index contributed by atoms with van der Waals surface area (Å²) in [5, 5.41) is 3.42. The van der Waals surface area contributed by atoms with Crippen molar-refractivity contribution < 1.29 is 0 Å². The van der Waals surface area contributed by atoms with Gasteiger partial charge in [-0.25, -0.2) is 0 Å². The molecule has 0 fully saturated rings. The fourth-order valence-corrected chi connectivity index (χ4v) is 1.31. The van der Waals surface area contributed by atoms with Crippen LogP contribution in [0, 0.1) is 0 Å². The Bertz CT molecular complexity index is 320. The molecule has 1 N–H and O–H groups in total. The van der Waals surface area contributed by atoms with Gasteiger partial charge in [-0.2, -0.15) is 0 Å². The second-order valence-electron chi connectivity index (χ2n) is 4.56. The van der Waals surface area contributed by atoms with E-state index in [1.807, 2.05) is 25.1 Å². The van der Waals surface area contributed by atoms with Crippen molar-refractivity contribution in [3.8, 4) is 0 Å². The lowest BCUT2D eigenvalue weighted by Crippen LogP contribution is -2.41. The maximum absolute atomic E-state index is 4.49. The van der Waals surface area contributed by atoms with Gasteiger partial charge in [0.25, 0.3) is 0 Å². The zero-order valence-electron chi connectivity index (χ0n) is 10.0. The summed E-state index contributed by atoms with van der Waals surface area (Å²) in [6, 6.07) is 10.2. The van der Waals surface area contributed by atoms with Crippen molar-refractivity contribution in [2.75, 3.05) is 6.54 Å². The molecule has 1 aromatic rings. The zero-order chi connectivity index (χ0) is 11.3. The van der Waals surface area contributed by atoms with Gasteiger partial charge in [-0.15, -0.1) is 0 Å². The SMILES string of the molecule is CCN=C(NC(C)(C)C)c1ccccc1. The Labute approximate surface area is 92.4 Å². The molecule has 0 heterocycles. The van der Waals surface area contributed by atoms with Crippen LogP contribution in [0.4, 0.5) is 0 Å². The van der Waals surface area contributed by atoms with E-state index in [-0.39, 0.29) is 5.54 Å². The molecule has 0 radical (unpaired) electrons. The van der Waals surface area contributed by atoms with E-state index in [9.17, 15) is 0 Å². The molecule has 0 atom stereocenters. The first kappa shape index (κ1) is 11.8. The Morgan fingerprint density at radius 3 is 2.27 bits per heavy atom. The monoisotopic (exact) mass is 204 g/mol. The van der Waals surface area contributed by atoms with Crippen molar-refractivity contribution in [2.45, 2.75) is 33.2 Å². The van der Waals surface area contributed by atoms with E-state index in [0.29, 0.717) is 0 Å². The fourth-order valence-electron chi connectivity index (χ4n) is 1.31. The van der Waals surface area contributed by atoms with E-state index < -0.39 is 0 Å². The predicted octanol–water partition coefficient (Wildman–Crippen LogP) is 2.84. The van der Waals surface area contributed by atoms with Crippen LogP contribution in [0.1, 0.15) is 33.3 Å². The van der Waals surface area contributed by atoms with Crippen LogP contribution < -0.4 is 5.32 Å². The summed E-state index contributed by atoms with van der Waals surface area (Å²) in [4.78, 5) is 4.49. The van der Waals surface area contributed by atoms with Gasteiger partial charge in [0, 0.05) is 17.6 Å². The molecular formula is C13H20N2. The van der Waals surface area contributed by atoms with E-state index >= 15 is 0 Å². The van der Waals surface area contributed by atoms with Gasteiger partial charge in [0.15, 0.2) is 0 Å². The summed E-state index contributed by atoms with van der Waals surface area (Å²) in [6.45, 7) is 9.27. The molecule has 0 aliphatic heterocycles. The van der Waals surface area contributed by atoms with Crippen LogP contribution in [0.2, 0.25) is 0 Å². The molecule has 0 spiro atoms. The summed E-state index contributed by atoms with van der Waals surface area (Å²) in [5.41, 5.74) is 1.19. The van der Waals surface area contributed by atoms with Crippen molar-refractivity contribution in [3.63, 3.8) is 0 Å². The van der Waals surface area contributed by atoms with Gasteiger partial charge in [0.05, 0.1) is 0 Å². The fraction of sp³-hybridized carbons (Fsp3) is 0.462. The van der Waals surface area contributed by atoms with Crippen LogP contribution in [-0.2, 0) is 0 Å². The molecule has 2 nitrogen and oxygen atoms in total. The van der Waals surface area contributed by atoms with Crippen LogP contribution in [-0.4, -0.2) is 17.9 Å². The maximum atomic E-state index is 4.49. The number of hydrogen-bond donors (Lipinski definition) is 1. The molecule has 82 valence electrons. The molecule has 0 aliphatic carbocycles. The largest absolute Gasteiger partial charge is 0.365 e. The number of nitrogens with zero attached hydrogens (tertiary/aromatic N) is 1. The zero-order valence-corrected chi connectivity index (χ0v) is 10.0. The number of aliphatic imine (C=N–C) groups is 1. The summed E-state index contributed by atoms with van der Waals surface area (Å²) < 4.78 is 0. The van der Waals surface area contributed by atoms with E-state index in [4.69, 9.17) is 0 Å². The third kappa shape index (κ3) is 4.15. The number of rotatable bonds is 2. The second kappa shape index (κ2) is 4.96. The summed E-state index contributed by atoms with van der Waals surface area (Å²) in [7, 11) is 0. The number of benzene rings is 1. The van der Waals surface area contributed by atoms with Crippen LogP contribution in [0.25, 0.3) is 0 Å². The van der Waals surface area contributed by atoms with Crippen molar-refractivity contribution in [2.24, 2.45) is 4.99 Å². The normalized spacial score (nSPS) is 12.7. The molecule has 0 saturated carbocycles. The lowest BCUT2D eigenvalue weighted by atomic mass is 10.1. The minimum Gasteiger partial charge on any atom is -0.365 e. The second-order valence-corrected chi connectivity index (χ2v) is 4.56. The van der Waals surface area contributed by atoms with E-state index in [0.717, 1.165) is 17.9 Å². The predicted molar refractivity (Wildman–Crippen MR) is 66.4 cm³/mol. The van der Waals surface area contributed by atoms with Crippen molar-refractivity contribution in [1.82, 2.24) is 5.32 Å². The highest BCUT2D eigenvalue weighted by Gasteiger charge is 2.12. The summed E-state index contributed by atoms with van der Waals surface area (Å²) in [5.74, 6) is 0.977. The molecule has 0 bridgehead atoms. The molecular weight excluding hydrogens is 184 g/mol. The van der Waals surface area contributed by atoms with Crippen molar-refractivity contribution in [1.29, 1.82) is 0 Å². The highest BCUT2D eigenvalue weighted by atomic mass is 15.0. The van der Waals surface area contributed by atoms with Gasteiger partial charge in [0.1, 0.15) is 5.84 Å². The lowest BCUT2D eigenvalue weighted by Gasteiger charge is -2.23. The molecule has 15 heavy (non-hydrogen) atoms. The first-order valence-corrected chi connectivity index (χ1v) is 5.41. The van der Waals surface area contributed by atoms with Gasteiger partial charge in [-0.05, 0) is 27.7 Å². The quantitative estimate of drug-likeness (QED) is 0.581. The number of nitrogens with one attached hydrogen (secondary N) is 1. The van der Waals surface area contributed by atoms with E-state index in [1.165, 1.54) is 0 Å². The highest BCUT2D eigenvalue weighted by molar-refractivity contribution is 5.99. The molecule has 0 saturated heterocycles. The van der Waals surface area contributed by atoms with Gasteiger partial charge in [-0.3, -0.25) is 4.99 Å². The topological polar surface area (TPSA) is 24.4 Å². The van der Waals surface area contributed by atoms with E-state index in [1.54, 1.807) is 0 Å². The van der Waals surface area contributed by atoms with Gasteiger partial charge in [-0.1, -0.05) is 30.3 Å². The number of amidine groups is 1. The van der Waals surface area contributed by atoms with Crippen LogP contribution in [0.15, 0.2) is 35.3 Å². The first-order chi connectivity index (χ1) is 7.03. The van der Waals surface area contributed by atoms with Crippen LogP contribution in [0.3, 0.4) is 0 Å². The van der Waals surface area contributed by atoms with Crippen LogP contribution >= 0.6 is 0 Å². The molecule has 0 amide bonds. The van der Waals surface area contributed by atoms with Crippen molar-refractivity contribution in [3.05, 3.63) is 35.9 Å².